The van der Waals surface area contributed by atoms with Gasteiger partial charge in [-0.3, -0.25) is 0 Å². The van der Waals surface area contributed by atoms with Gasteiger partial charge in [-0.2, -0.15) is 18.2 Å². The lowest BCUT2D eigenvalue weighted by Gasteiger charge is -2.23. The van der Waals surface area contributed by atoms with Crippen LogP contribution in [0.4, 0.5) is 24.9 Å². The summed E-state index contributed by atoms with van der Waals surface area (Å²) in [4.78, 5) is 9.75. The van der Waals surface area contributed by atoms with Crippen molar-refractivity contribution in [2.24, 2.45) is 0 Å². The number of hydrogen-bond acceptors (Lipinski definition) is 4. The normalized spacial score (nSPS) is 15.0. The molecule has 0 radical (unpaired) electrons. The van der Waals surface area contributed by atoms with E-state index in [9.17, 15) is 13.2 Å². The standard InChI is InChI=1S/C19H21ClF3N5S/c20-14-8-4-3-7-13(14)12-24-18(29)27-17-25-15(19(21,22)23)11-16(26-17)28-9-5-1-2-6-10-28/h3-4,7-8,11H,1-2,5-6,9-10,12H2,(H2,24,25,26,27,29). The average molecular weight is 444 g/mol. The highest BCUT2D eigenvalue weighted by Crippen LogP contribution is 2.31. The maximum absolute atomic E-state index is 13.3. The van der Waals surface area contributed by atoms with E-state index in [0.29, 0.717) is 24.7 Å². The zero-order valence-electron chi connectivity index (χ0n) is 15.6. The van der Waals surface area contributed by atoms with Gasteiger partial charge in [0.25, 0.3) is 0 Å². The van der Waals surface area contributed by atoms with Crippen molar-refractivity contribution in [1.29, 1.82) is 0 Å². The number of nitrogens with zero attached hydrogens (tertiary/aromatic N) is 3. The fraction of sp³-hybridized carbons (Fsp3) is 0.421. The zero-order valence-corrected chi connectivity index (χ0v) is 17.2. The smallest absolute Gasteiger partial charge is 0.358 e. The largest absolute Gasteiger partial charge is 0.433 e. The maximum atomic E-state index is 13.3. The van der Waals surface area contributed by atoms with Crippen LogP contribution >= 0.6 is 23.8 Å². The van der Waals surface area contributed by atoms with Gasteiger partial charge in [0.2, 0.25) is 5.95 Å². The van der Waals surface area contributed by atoms with Gasteiger partial charge < -0.3 is 15.5 Å². The molecule has 156 valence electrons. The van der Waals surface area contributed by atoms with Crippen LogP contribution in [0, 0.1) is 0 Å². The van der Waals surface area contributed by atoms with Crippen molar-refractivity contribution in [3.63, 3.8) is 0 Å². The fourth-order valence-electron chi connectivity index (χ4n) is 3.06. The molecule has 0 unspecified atom stereocenters. The quantitative estimate of drug-likeness (QED) is 0.647. The highest BCUT2D eigenvalue weighted by atomic mass is 35.5. The molecule has 2 N–H and O–H groups in total. The molecular weight excluding hydrogens is 423 g/mol. The molecule has 0 amide bonds. The highest BCUT2D eigenvalue weighted by Gasteiger charge is 2.34. The molecule has 1 aliphatic rings. The van der Waals surface area contributed by atoms with Gasteiger partial charge in [-0.05, 0) is 36.7 Å². The van der Waals surface area contributed by atoms with Crippen molar-refractivity contribution in [2.45, 2.75) is 38.4 Å². The summed E-state index contributed by atoms with van der Waals surface area (Å²) >= 11 is 11.3. The molecular formula is C19H21ClF3N5S. The molecule has 1 fully saturated rings. The van der Waals surface area contributed by atoms with E-state index in [1.807, 2.05) is 23.1 Å². The van der Waals surface area contributed by atoms with Crippen LogP contribution in [0.2, 0.25) is 5.02 Å². The van der Waals surface area contributed by atoms with Crippen molar-refractivity contribution in [3.8, 4) is 0 Å². The first-order valence-corrected chi connectivity index (χ1v) is 10.1. The van der Waals surface area contributed by atoms with Crippen molar-refractivity contribution in [2.75, 3.05) is 23.3 Å². The molecule has 1 aromatic heterocycles. The van der Waals surface area contributed by atoms with Gasteiger partial charge in [-0.15, -0.1) is 0 Å². The minimum atomic E-state index is -4.58. The molecule has 1 aromatic carbocycles. The van der Waals surface area contributed by atoms with Crippen LogP contribution in [0.15, 0.2) is 30.3 Å². The Morgan fingerprint density at radius 1 is 1.10 bits per heavy atom. The van der Waals surface area contributed by atoms with Crippen molar-refractivity contribution >= 4 is 40.7 Å². The summed E-state index contributed by atoms with van der Waals surface area (Å²) in [5.41, 5.74) is -0.184. The Morgan fingerprint density at radius 3 is 2.45 bits per heavy atom. The molecule has 1 saturated heterocycles. The van der Waals surface area contributed by atoms with Crippen molar-refractivity contribution in [3.05, 3.63) is 46.6 Å². The molecule has 29 heavy (non-hydrogen) atoms. The number of hydrogen-bond donors (Lipinski definition) is 2. The Hall–Kier alpha value is -2.13. The number of nitrogens with one attached hydrogen (secondary N) is 2. The second-order valence-electron chi connectivity index (χ2n) is 6.73. The summed E-state index contributed by atoms with van der Waals surface area (Å²) < 4.78 is 40.0. The first kappa shape index (κ1) is 21.6. The highest BCUT2D eigenvalue weighted by molar-refractivity contribution is 7.80. The molecule has 2 heterocycles. The Labute approximate surface area is 177 Å². The van der Waals surface area contributed by atoms with Gasteiger partial charge in [-0.1, -0.05) is 42.6 Å². The number of rotatable bonds is 4. The monoisotopic (exact) mass is 443 g/mol. The number of halogens is 4. The molecule has 10 heteroatoms. The second kappa shape index (κ2) is 9.58. The molecule has 0 aliphatic carbocycles. The number of anilines is 2. The number of benzene rings is 1. The minimum Gasteiger partial charge on any atom is -0.358 e. The molecule has 0 saturated carbocycles. The van der Waals surface area contributed by atoms with Crippen LogP contribution in [0.5, 0.6) is 0 Å². The van der Waals surface area contributed by atoms with Crippen LogP contribution in [0.1, 0.15) is 36.9 Å². The van der Waals surface area contributed by atoms with E-state index in [0.717, 1.165) is 37.3 Å². The fourth-order valence-corrected chi connectivity index (χ4v) is 3.43. The maximum Gasteiger partial charge on any atom is 0.433 e. The van der Waals surface area contributed by atoms with Crippen LogP contribution in [0.3, 0.4) is 0 Å². The molecule has 3 rings (SSSR count). The molecule has 5 nitrogen and oxygen atoms in total. The Balaban J connectivity index is 1.75. The molecule has 2 aromatic rings. The van der Waals surface area contributed by atoms with Crippen LogP contribution in [-0.4, -0.2) is 28.2 Å². The van der Waals surface area contributed by atoms with Crippen molar-refractivity contribution < 1.29 is 13.2 Å². The molecule has 0 atom stereocenters. The minimum absolute atomic E-state index is 0.117. The Bertz CT molecular complexity index is 854. The van der Waals surface area contributed by atoms with E-state index in [2.05, 4.69) is 20.6 Å². The zero-order chi connectivity index (χ0) is 20.9. The summed E-state index contributed by atoms with van der Waals surface area (Å²) in [7, 11) is 0. The number of aromatic nitrogens is 2. The van der Waals surface area contributed by atoms with E-state index >= 15 is 0 Å². The van der Waals surface area contributed by atoms with E-state index < -0.39 is 11.9 Å². The van der Waals surface area contributed by atoms with Gasteiger partial charge in [0, 0.05) is 30.7 Å². The third kappa shape index (κ3) is 6.17. The summed E-state index contributed by atoms with van der Waals surface area (Å²) in [6, 6.07) is 8.22. The molecule has 1 aliphatic heterocycles. The predicted molar refractivity (Wildman–Crippen MR) is 112 cm³/mol. The van der Waals surface area contributed by atoms with Crippen molar-refractivity contribution in [1.82, 2.24) is 15.3 Å². The van der Waals surface area contributed by atoms with Gasteiger partial charge in [0.1, 0.15) is 5.82 Å². The Morgan fingerprint density at radius 2 is 1.79 bits per heavy atom. The topological polar surface area (TPSA) is 53.1 Å². The third-order valence-corrected chi connectivity index (χ3v) is 5.17. The Kier molecular flexibility index (Phi) is 7.13. The van der Waals surface area contributed by atoms with Crippen LogP contribution < -0.4 is 15.5 Å². The van der Waals surface area contributed by atoms with Crippen LogP contribution in [0.25, 0.3) is 0 Å². The lowest BCUT2D eigenvalue weighted by molar-refractivity contribution is -0.141. The van der Waals surface area contributed by atoms with E-state index in [4.69, 9.17) is 23.8 Å². The third-order valence-electron chi connectivity index (χ3n) is 4.56. The number of alkyl halides is 3. The average Bonchev–Trinajstić information content (AvgIpc) is 2.96. The lowest BCUT2D eigenvalue weighted by atomic mass is 10.2. The SMILES string of the molecule is FC(F)(F)c1cc(N2CCCCCC2)nc(NC(=S)NCc2ccccc2Cl)n1. The summed E-state index contributed by atoms with van der Waals surface area (Å²) in [6.45, 7) is 1.66. The lowest BCUT2D eigenvalue weighted by Crippen LogP contribution is -2.30. The summed E-state index contributed by atoms with van der Waals surface area (Å²) in [5, 5.41) is 6.27. The van der Waals surface area contributed by atoms with Gasteiger partial charge in [-0.25, -0.2) is 4.98 Å². The first-order chi connectivity index (χ1) is 13.8. The van der Waals surface area contributed by atoms with E-state index in [-0.39, 0.29) is 16.9 Å². The number of thiocarbonyl (C=S) groups is 1. The second-order valence-corrected chi connectivity index (χ2v) is 7.55. The van der Waals surface area contributed by atoms with Crippen LogP contribution in [-0.2, 0) is 12.7 Å². The summed E-state index contributed by atoms with van der Waals surface area (Å²) in [5.74, 6) is 0.0707. The molecule has 0 bridgehead atoms. The van der Waals surface area contributed by atoms with Gasteiger partial charge >= 0.3 is 6.18 Å². The predicted octanol–water partition coefficient (Wildman–Crippen LogP) is 5.02. The summed E-state index contributed by atoms with van der Waals surface area (Å²) in [6.07, 6.45) is -0.603. The van der Waals surface area contributed by atoms with Gasteiger partial charge in [0.15, 0.2) is 10.8 Å². The van der Waals surface area contributed by atoms with E-state index in [1.165, 1.54) is 0 Å². The van der Waals surface area contributed by atoms with Gasteiger partial charge in [0.05, 0.1) is 0 Å². The first-order valence-electron chi connectivity index (χ1n) is 9.32. The molecule has 0 spiro atoms. The van der Waals surface area contributed by atoms with E-state index in [1.54, 1.807) is 6.07 Å².